The minimum Gasteiger partial charge on any atom is -0.143 e. The summed E-state index contributed by atoms with van der Waals surface area (Å²) in [5.41, 5.74) is 0.861. The average Bonchev–Trinajstić information content (AvgIpc) is 3.73. The predicted octanol–water partition coefficient (Wildman–Crippen LogP) is 16.1. The second-order valence-corrected chi connectivity index (χ2v) is 16.9. The van der Waals surface area contributed by atoms with Crippen molar-refractivity contribution >= 4 is 137 Å². The lowest BCUT2D eigenvalue weighted by atomic mass is 9.99. The number of benzene rings is 3. The molecule has 2 heterocycles. The third kappa shape index (κ3) is 8.14. The Kier molecular flexibility index (Phi) is 14.5. The molecule has 0 aliphatic rings. The van der Waals surface area contributed by atoms with Crippen molar-refractivity contribution in [2.24, 2.45) is 0 Å². The van der Waals surface area contributed by atoms with Crippen LogP contribution in [0.3, 0.4) is 0 Å². The van der Waals surface area contributed by atoms with Gasteiger partial charge < -0.3 is 0 Å². The monoisotopic (exact) mass is 842 g/mol. The number of nitrogens with zero attached hydrogens (tertiary/aromatic N) is 4. The Balaban J connectivity index is 1.55. The normalized spacial score (nSPS) is 11.9. The van der Waals surface area contributed by atoms with Gasteiger partial charge in [0.05, 0.1) is 51.3 Å². The summed E-state index contributed by atoms with van der Waals surface area (Å²) in [5.74, 6) is 0. The van der Waals surface area contributed by atoms with Gasteiger partial charge >= 0.3 is 0 Å². The van der Waals surface area contributed by atoms with Gasteiger partial charge in [0.1, 0.15) is 10.0 Å². The van der Waals surface area contributed by atoms with E-state index in [0.29, 0.717) is 42.7 Å². The van der Waals surface area contributed by atoms with Crippen LogP contribution in [0.5, 0.6) is 0 Å². The van der Waals surface area contributed by atoms with Crippen molar-refractivity contribution in [3.8, 4) is 21.1 Å². The first-order valence-corrected chi connectivity index (χ1v) is 20.9. The zero-order valence-electron chi connectivity index (χ0n) is 26.5. The van der Waals surface area contributed by atoms with Crippen molar-refractivity contribution in [1.82, 2.24) is 20.4 Å². The van der Waals surface area contributed by atoms with E-state index in [2.05, 4.69) is 34.2 Å². The summed E-state index contributed by atoms with van der Waals surface area (Å²) in [6.07, 6.45) is 15.9. The second-order valence-electron chi connectivity index (χ2n) is 11.8. The van der Waals surface area contributed by atoms with E-state index in [1.165, 1.54) is 74.0 Å². The van der Waals surface area contributed by atoms with E-state index in [9.17, 15) is 0 Å². The predicted molar refractivity (Wildman–Crippen MR) is 213 cm³/mol. The van der Waals surface area contributed by atoms with Gasteiger partial charge in [-0.05, 0) is 12.8 Å². The molecule has 0 fully saturated rings. The van der Waals surface area contributed by atoms with Crippen LogP contribution in [0, 0.1) is 0 Å². The topological polar surface area (TPSA) is 51.6 Å². The SMILES string of the molecule is CCCCCCCCc1nnc(-c2c(Cl)c(Cl)c3c(Cl)c4c(Cl)c(Cl)c(-c5nnc(CCCCCCCC)s5)c(Cl)c4c(Cl)c3c2Cl)s1. The van der Waals surface area contributed by atoms with Crippen LogP contribution in [0.25, 0.3) is 42.7 Å². The molecule has 48 heavy (non-hydrogen) atoms. The molecule has 0 aliphatic carbocycles. The summed E-state index contributed by atoms with van der Waals surface area (Å²) < 4.78 is 0. The van der Waals surface area contributed by atoms with Crippen LogP contribution in [0.1, 0.15) is 101 Å². The maximum Gasteiger partial charge on any atom is 0.150 e. The molecule has 0 saturated carbocycles. The molecule has 0 radical (unpaired) electrons. The molecular weight excluding hydrogens is 812 g/mol. The van der Waals surface area contributed by atoms with Gasteiger partial charge in [-0.2, -0.15) is 0 Å². The van der Waals surface area contributed by atoms with Crippen molar-refractivity contribution < 1.29 is 0 Å². The number of hydrogen-bond acceptors (Lipinski definition) is 6. The highest BCUT2D eigenvalue weighted by Gasteiger charge is 2.30. The largest absolute Gasteiger partial charge is 0.150 e. The minimum absolute atomic E-state index is 0.156. The Labute approximate surface area is 329 Å². The number of halogens is 8. The lowest BCUT2D eigenvalue weighted by molar-refractivity contribution is 0.606. The lowest BCUT2D eigenvalue weighted by Gasteiger charge is -2.19. The van der Waals surface area contributed by atoms with Crippen LogP contribution in [0.2, 0.25) is 40.2 Å². The Morgan fingerprint density at radius 1 is 0.375 bits per heavy atom. The highest BCUT2D eigenvalue weighted by molar-refractivity contribution is 7.15. The average molecular weight is 846 g/mol. The molecule has 0 saturated heterocycles. The van der Waals surface area contributed by atoms with Gasteiger partial charge in [0, 0.05) is 34.4 Å². The van der Waals surface area contributed by atoms with Crippen LogP contribution >= 0.6 is 115 Å². The molecule has 0 N–H and O–H groups in total. The van der Waals surface area contributed by atoms with Gasteiger partial charge in [0.15, 0.2) is 10.0 Å². The van der Waals surface area contributed by atoms with Crippen LogP contribution in [-0.2, 0) is 12.8 Å². The summed E-state index contributed by atoms with van der Waals surface area (Å²) in [4.78, 5) is 0. The van der Waals surface area contributed by atoms with Gasteiger partial charge in [-0.25, -0.2) is 0 Å². The maximum atomic E-state index is 7.18. The fourth-order valence-electron chi connectivity index (χ4n) is 5.80. The van der Waals surface area contributed by atoms with E-state index in [4.69, 9.17) is 92.8 Å². The van der Waals surface area contributed by atoms with E-state index < -0.39 is 0 Å². The third-order valence-corrected chi connectivity index (χ3v) is 13.6. The molecular formula is C34H34Cl8N4S2. The molecule has 0 unspecified atom stereocenters. The van der Waals surface area contributed by atoms with Crippen LogP contribution in [-0.4, -0.2) is 20.4 Å². The zero-order chi connectivity index (χ0) is 34.5. The van der Waals surface area contributed by atoms with Crippen LogP contribution in [0.4, 0.5) is 0 Å². The molecule has 258 valence electrons. The fourth-order valence-corrected chi connectivity index (χ4v) is 10.8. The van der Waals surface area contributed by atoms with Crippen LogP contribution < -0.4 is 0 Å². The minimum atomic E-state index is 0.156. The summed E-state index contributed by atoms with van der Waals surface area (Å²) >= 11 is 58.9. The molecule has 0 aliphatic heterocycles. The van der Waals surface area contributed by atoms with Crippen molar-refractivity contribution in [3.63, 3.8) is 0 Å². The molecule has 3 aromatic carbocycles. The third-order valence-electron chi connectivity index (χ3n) is 8.37. The highest BCUT2D eigenvalue weighted by Crippen LogP contribution is 2.57. The Morgan fingerprint density at radius 2 is 0.708 bits per heavy atom. The second kappa shape index (κ2) is 17.9. The van der Waals surface area contributed by atoms with Crippen molar-refractivity contribution in [2.45, 2.75) is 104 Å². The van der Waals surface area contributed by atoms with E-state index in [0.717, 1.165) is 48.5 Å². The molecule has 14 heteroatoms. The quantitative estimate of drug-likeness (QED) is 0.0564. The van der Waals surface area contributed by atoms with E-state index in [-0.39, 0.29) is 40.2 Å². The van der Waals surface area contributed by atoms with Gasteiger partial charge in [-0.3, -0.25) is 0 Å². The van der Waals surface area contributed by atoms with Gasteiger partial charge in [0.25, 0.3) is 0 Å². The first-order chi connectivity index (χ1) is 23.1. The maximum absolute atomic E-state index is 7.18. The molecule has 0 spiro atoms. The molecule has 2 aromatic heterocycles. The van der Waals surface area contributed by atoms with Gasteiger partial charge in [-0.15, -0.1) is 20.4 Å². The number of aryl methyl sites for hydroxylation is 2. The summed E-state index contributed by atoms with van der Waals surface area (Å²) in [5, 5.41) is 23.5. The number of unbranched alkanes of at least 4 members (excludes halogenated alkanes) is 10. The first-order valence-electron chi connectivity index (χ1n) is 16.2. The molecule has 4 nitrogen and oxygen atoms in total. The first kappa shape index (κ1) is 38.8. The number of hydrogen-bond donors (Lipinski definition) is 0. The zero-order valence-corrected chi connectivity index (χ0v) is 34.2. The standard InChI is InChI=1S/C34H34Cl8N4S2/c1-3-5-7-9-11-13-15-17-43-45-33(47-17)23-27(37)19-21(29(39)31(23)41)26(36)22-20(25(19)35)28(38)24(32(42)30(22)40)34-46-44-18(48-34)16-14-12-10-8-6-4-2/h3-16H2,1-2H3. The van der Waals surface area contributed by atoms with Gasteiger partial charge in [0.2, 0.25) is 0 Å². The summed E-state index contributed by atoms with van der Waals surface area (Å²) in [6.45, 7) is 4.43. The van der Waals surface area contributed by atoms with E-state index in [1.807, 2.05) is 0 Å². The molecule has 5 rings (SSSR count). The van der Waals surface area contributed by atoms with Crippen LogP contribution in [0.15, 0.2) is 0 Å². The highest BCUT2D eigenvalue weighted by atomic mass is 35.5. The molecule has 0 amide bonds. The molecule has 0 bridgehead atoms. The number of aromatic nitrogens is 4. The van der Waals surface area contributed by atoms with Crippen molar-refractivity contribution in [2.75, 3.05) is 0 Å². The lowest BCUT2D eigenvalue weighted by Crippen LogP contribution is -1.94. The smallest absolute Gasteiger partial charge is 0.143 e. The molecule has 5 aromatic rings. The van der Waals surface area contributed by atoms with Crippen molar-refractivity contribution in [3.05, 3.63) is 50.2 Å². The number of fused-ring (bicyclic) bond motifs is 2. The summed E-state index contributed by atoms with van der Waals surface area (Å²) in [6, 6.07) is 0. The van der Waals surface area contributed by atoms with Crippen molar-refractivity contribution in [1.29, 1.82) is 0 Å². The van der Waals surface area contributed by atoms with E-state index >= 15 is 0 Å². The summed E-state index contributed by atoms with van der Waals surface area (Å²) in [7, 11) is 0. The number of rotatable bonds is 16. The molecule has 0 atom stereocenters. The van der Waals surface area contributed by atoms with E-state index in [1.54, 1.807) is 0 Å². The Morgan fingerprint density at radius 3 is 1.08 bits per heavy atom. The Bertz CT molecular complexity index is 1790. The fraction of sp³-hybridized carbons (Fsp3) is 0.471. The Hall–Kier alpha value is -0.380. The van der Waals surface area contributed by atoms with Gasteiger partial charge in [-0.1, -0.05) is 194 Å².